The molecule has 1 fully saturated rings. The van der Waals surface area contributed by atoms with Gasteiger partial charge in [-0.25, -0.2) is 33.7 Å². The van der Waals surface area contributed by atoms with Gasteiger partial charge in [0, 0.05) is 124 Å². The van der Waals surface area contributed by atoms with Gasteiger partial charge in [0.2, 0.25) is 0 Å². The molecule has 0 saturated carbocycles. The first-order valence-electron chi connectivity index (χ1n) is 50.4. The number of imidazole rings is 3. The number of rotatable bonds is 29. The third-order valence-corrected chi connectivity index (χ3v) is 27.9. The largest absolute Gasteiger partial charge is 0.493 e. The Morgan fingerprint density at radius 2 is 0.980 bits per heavy atom. The Labute approximate surface area is 859 Å². The van der Waals surface area contributed by atoms with Crippen LogP contribution in [-0.4, -0.2) is 151 Å². The number of aryl methyl sites for hydroxylation is 5. The van der Waals surface area contributed by atoms with E-state index in [0.29, 0.717) is 60.1 Å². The number of pyridine rings is 4. The number of nitrogens with one attached hydrogen (secondary N) is 1. The van der Waals surface area contributed by atoms with E-state index in [-0.39, 0.29) is 29.0 Å². The van der Waals surface area contributed by atoms with Crippen LogP contribution < -0.4 is 15.0 Å². The van der Waals surface area contributed by atoms with E-state index in [1.807, 2.05) is 91.1 Å². The molecular weight excluding hydrogens is 1850 g/mol. The predicted molar refractivity (Wildman–Crippen MR) is 578 cm³/mol. The number of ether oxygens (including phenoxy) is 2. The molecular formula is C123H118FN15O9. The maximum absolute atomic E-state index is 13.4. The number of aromatic nitrogens is 11. The number of aromatic carboxylic acids is 2. The minimum atomic E-state index is -0.976. The molecule has 25 heteroatoms. The lowest BCUT2D eigenvalue weighted by Gasteiger charge is -2.32. The van der Waals surface area contributed by atoms with Gasteiger partial charge < -0.3 is 48.2 Å². The molecule has 2 atom stereocenters. The van der Waals surface area contributed by atoms with Gasteiger partial charge in [0.05, 0.1) is 74.9 Å². The number of hydrogen-bond donors (Lipinski definition) is 3. The van der Waals surface area contributed by atoms with Crippen LogP contribution in [0.5, 0.6) is 5.75 Å². The normalized spacial score (nSPS) is 13.8. The highest BCUT2D eigenvalue weighted by Crippen LogP contribution is 2.42. The van der Waals surface area contributed by atoms with Crippen LogP contribution in [0.4, 0.5) is 15.8 Å². The Bertz CT molecular complexity index is 7830. The number of halogens is 1. The van der Waals surface area contributed by atoms with Crippen LogP contribution in [0.1, 0.15) is 143 Å². The van der Waals surface area contributed by atoms with Crippen molar-refractivity contribution in [3.63, 3.8) is 0 Å². The van der Waals surface area contributed by atoms with Crippen LogP contribution >= 0.6 is 0 Å². The van der Waals surface area contributed by atoms with Crippen molar-refractivity contribution in [1.82, 2.24) is 68.3 Å². The molecule has 746 valence electrons. The molecule has 148 heavy (non-hydrogen) atoms. The summed E-state index contributed by atoms with van der Waals surface area (Å²) in [6.45, 7) is 13.8. The van der Waals surface area contributed by atoms with Crippen molar-refractivity contribution in [2.24, 2.45) is 0 Å². The van der Waals surface area contributed by atoms with E-state index in [2.05, 4.69) is 274 Å². The van der Waals surface area contributed by atoms with Crippen molar-refractivity contribution in [2.45, 2.75) is 135 Å². The predicted octanol–water partition coefficient (Wildman–Crippen LogP) is 23.8. The number of anilines is 2. The van der Waals surface area contributed by atoms with E-state index in [0.717, 1.165) is 175 Å². The van der Waals surface area contributed by atoms with Crippen molar-refractivity contribution in [3.05, 3.63) is 430 Å². The van der Waals surface area contributed by atoms with Gasteiger partial charge in [-0.2, -0.15) is 9.59 Å². The summed E-state index contributed by atoms with van der Waals surface area (Å²) >= 11 is 0. The highest BCUT2D eigenvalue weighted by atomic mass is 19.1. The SMILES string of the molecule is CCc1ccc(N(C)c2ccc3c(c2)OCCC3Cn2c(-c3cc(C(=O)OC)ccn3)nc3ccccc32)cc1.Cc1ccc(CN(C)Cc2ccc3cc(-c4ccccn4)n(CCc4ccc(F)cc4)c3c2)cc1.O=C(O)c1ccnc(-c2nc3ccccc3n2CC2CCCc3ccccc32)c1.O=C(O)c1ccnc(-c2nc3ccccc3n2Cc2ccc(CN3CCC(NCCc4ccccc4)CC3)cc2)c1.O=C=O. The van der Waals surface area contributed by atoms with E-state index in [1.165, 1.54) is 118 Å². The number of likely N-dealkylation sites (tertiary alicyclic amines) is 1. The number of fused-ring (bicyclic) bond motifs is 6. The minimum Gasteiger partial charge on any atom is -0.493 e. The monoisotopic (exact) mass is 1970 g/mol. The fraction of sp³-hybridized carbons (Fsp3) is 0.228. The Morgan fingerprint density at radius 1 is 0.466 bits per heavy atom. The van der Waals surface area contributed by atoms with Gasteiger partial charge in [0.15, 0.2) is 17.5 Å². The van der Waals surface area contributed by atoms with Crippen molar-refractivity contribution in [2.75, 3.05) is 52.3 Å². The van der Waals surface area contributed by atoms with E-state index < -0.39 is 17.9 Å². The van der Waals surface area contributed by atoms with Gasteiger partial charge in [0.25, 0.3) is 0 Å². The molecule has 2 aliphatic heterocycles. The van der Waals surface area contributed by atoms with Crippen molar-refractivity contribution < 1.29 is 48.0 Å². The number of para-hydroxylation sites is 6. The number of carbonyl (C=O) groups excluding carboxylic acids is 3. The van der Waals surface area contributed by atoms with Crippen LogP contribution in [0.25, 0.3) is 89.9 Å². The molecule has 0 bridgehead atoms. The molecule has 0 spiro atoms. The van der Waals surface area contributed by atoms with E-state index in [9.17, 15) is 29.0 Å². The summed E-state index contributed by atoms with van der Waals surface area (Å²) in [6, 6.07) is 108. The average molecular weight is 1970 g/mol. The highest BCUT2D eigenvalue weighted by Gasteiger charge is 2.30. The molecule has 0 amide bonds. The molecule has 1 saturated heterocycles. The van der Waals surface area contributed by atoms with Crippen molar-refractivity contribution in [3.8, 4) is 51.7 Å². The molecule has 3 N–H and O–H groups in total. The molecule has 22 rings (SSSR count). The summed E-state index contributed by atoms with van der Waals surface area (Å²) in [4.78, 5) is 91.2. The summed E-state index contributed by atoms with van der Waals surface area (Å²) in [7, 11) is 5.63. The zero-order chi connectivity index (χ0) is 102. The fourth-order valence-electron chi connectivity index (χ4n) is 20.1. The first-order chi connectivity index (χ1) is 72.3. The summed E-state index contributed by atoms with van der Waals surface area (Å²) in [5, 5.41) is 23.8. The fourth-order valence-corrected chi connectivity index (χ4v) is 20.1. The maximum Gasteiger partial charge on any atom is 0.373 e. The lowest BCUT2D eigenvalue weighted by molar-refractivity contribution is -0.191. The second-order valence-corrected chi connectivity index (χ2v) is 37.9. The summed E-state index contributed by atoms with van der Waals surface area (Å²) in [5.41, 5.74) is 28.1. The number of carbonyl (C=O) groups is 3. The van der Waals surface area contributed by atoms with Gasteiger partial charge in [-0.15, -0.1) is 0 Å². The number of nitrogens with zero attached hydrogens (tertiary/aromatic N) is 14. The smallest absolute Gasteiger partial charge is 0.373 e. The maximum atomic E-state index is 13.4. The quantitative estimate of drug-likeness (QED) is 0.0367. The number of carboxylic acids is 2. The molecule has 8 aromatic heterocycles. The van der Waals surface area contributed by atoms with Crippen LogP contribution in [-0.2, 0) is 85.8 Å². The number of methoxy groups -OCH3 is 1. The molecule has 1 aliphatic carbocycles. The van der Waals surface area contributed by atoms with Gasteiger partial charge >= 0.3 is 24.1 Å². The molecule has 24 nitrogen and oxygen atoms in total. The average Bonchev–Trinajstić information content (AvgIpc) is 1.62. The first kappa shape index (κ1) is 101. The number of hydrogen-bond acceptors (Lipinski definition) is 18. The molecule has 11 aromatic carbocycles. The number of carboxylic acid groups (broad SMARTS) is 2. The van der Waals surface area contributed by atoms with Gasteiger partial charge in [0.1, 0.15) is 28.6 Å². The van der Waals surface area contributed by atoms with E-state index >= 15 is 0 Å². The van der Waals surface area contributed by atoms with Crippen molar-refractivity contribution >= 4 is 79.4 Å². The van der Waals surface area contributed by atoms with Gasteiger partial charge in [-0.1, -0.05) is 201 Å². The molecule has 10 heterocycles. The van der Waals surface area contributed by atoms with Gasteiger partial charge in [-0.05, 0) is 274 Å². The third-order valence-electron chi connectivity index (χ3n) is 27.9. The molecule has 19 aromatic rings. The number of esters is 1. The molecule has 0 radical (unpaired) electrons. The van der Waals surface area contributed by atoms with Crippen LogP contribution in [0.15, 0.2) is 346 Å². The lowest BCUT2D eigenvalue weighted by atomic mass is 9.83. The number of benzene rings is 11. The highest BCUT2D eigenvalue weighted by molar-refractivity contribution is 5.92. The Hall–Kier alpha value is -16.8. The summed E-state index contributed by atoms with van der Waals surface area (Å²) in [6.07, 6.45) is 16.4. The topological polar surface area (TPSA) is 276 Å². The van der Waals surface area contributed by atoms with Crippen LogP contribution in [0.2, 0.25) is 0 Å². The summed E-state index contributed by atoms with van der Waals surface area (Å²) in [5.74, 6) is 1.13. The standard InChI is InChI=1S/C34H35N5O2.C33H32N4O3.C31H30FN3.C24H21N3O2.CO2/c40-34(41)28-15-19-36-31(22-28)33-37-30-8-4-5-9-32(30)39(33)24-27-12-10-26(11-13-27)23-38-20-16-29(17-21-38)35-18-14-25-6-2-1-3-7-25;1-4-22-9-11-25(12-10-22)36(2)26-13-14-27-24(16-18-40-31(27)20-26)21-37-30-8-6-5-7-28(30)35-32(37)29-19-23(15-17-34-29)33(38)39-3;1-23-6-8-25(9-7-23)21-34(2)22-26-10-13-27-20-31(29-5-3-4-17-33-29)35(30(27)19-26)18-16-24-11-14-28(32)15-12-24;28-24(29)17-12-13-25-21(14-17)23-26-20-10-3-4-11-22(20)27(23)15-18-8-5-7-16-6-1-2-9-19(16)18;2-1-3/h1-13,15,19,22,29,35H,14,16-18,20-21,23-24H2,(H,40,41);5-15,17,19-20,24H,4,16,18,21H2,1-3H3;3-15,17,19-20H,16,18,21-22H2,1-2H3;1-4,6,9-14,18H,5,7-8,15H2,(H,28,29);. The van der Waals surface area contributed by atoms with Crippen LogP contribution in [0.3, 0.4) is 0 Å². The molecule has 2 unspecified atom stereocenters. The number of piperidine rings is 1. The third kappa shape index (κ3) is 24.9. The lowest BCUT2D eigenvalue weighted by Crippen LogP contribution is -2.42. The first-order valence-corrected chi connectivity index (χ1v) is 50.4. The molecule has 3 aliphatic rings. The zero-order valence-electron chi connectivity index (χ0n) is 83.7. The minimum absolute atomic E-state index is 0.199. The zero-order valence-corrected chi connectivity index (χ0v) is 83.7. The Balaban J connectivity index is 0.000000129. The van der Waals surface area contributed by atoms with Crippen LogP contribution in [0, 0.1) is 12.7 Å². The summed E-state index contributed by atoms with van der Waals surface area (Å²) < 4.78 is 33.4. The van der Waals surface area contributed by atoms with E-state index in [4.69, 9.17) is 34.0 Å². The Kier molecular flexibility index (Phi) is 33.0. The second kappa shape index (κ2) is 48.2. The van der Waals surface area contributed by atoms with Gasteiger partial charge in [-0.3, -0.25) is 29.7 Å². The van der Waals surface area contributed by atoms with Crippen molar-refractivity contribution in [1.29, 1.82) is 0 Å². The van der Waals surface area contributed by atoms with E-state index in [1.54, 1.807) is 36.7 Å². The Morgan fingerprint density at radius 3 is 1.59 bits per heavy atom. The second-order valence-electron chi connectivity index (χ2n) is 37.9.